The first-order valence-electron chi connectivity index (χ1n) is 5.40. The summed E-state index contributed by atoms with van der Waals surface area (Å²) in [5.74, 6) is 0.518. The lowest BCUT2D eigenvalue weighted by molar-refractivity contribution is 0.192. The fraction of sp³-hybridized carbons (Fsp3) is 0.500. The van der Waals surface area contributed by atoms with E-state index in [2.05, 4.69) is 18.7 Å². The molecule has 0 saturated carbocycles. The van der Waals surface area contributed by atoms with Gasteiger partial charge in [0, 0.05) is 29.9 Å². The Balaban J connectivity index is 2.50. The summed E-state index contributed by atoms with van der Waals surface area (Å²) in [5, 5.41) is 19.6. The summed E-state index contributed by atoms with van der Waals surface area (Å²) in [5.41, 5.74) is 1.71. The molecule has 16 heavy (non-hydrogen) atoms. The molecular formula is C12H17NO3. The Kier molecular flexibility index (Phi) is 2.68. The van der Waals surface area contributed by atoms with Crippen molar-refractivity contribution in [1.82, 2.24) is 0 Å². The number of β-amino-alcohol motifs (C(OH)–C–C–N with tert-alkyl or cyclic N) is 1. The van der Waals surface area contributed by atoms with Crippen LogP contribution in [0.2, 0.25) is 0 Å². The first-order chi connectivity index (χ1) is 7.54. The number of ether oxygens (including phenoxy) is 1. The average molecular weight is 223 g/mol. The maximum atomic E-state index is 9.90. The number of methoxy groups -OCH3 is 1. The van der Waals surface area contributed by atoms with Gasteiger partial charge in [-0.2, -0.15) is 0 Å². The van der Waals surface area contributed by atoms with Gasteiger partial charge in [-0.05, 0) is 19.9 Å². The molecule has 0 fully saturated rings. The van der Waals surface area contributed by atoms with Gasteiger partial charge in [0.15, 0.2) is 11.5 Å². The Bertz CT molecular complexity index is 403. The van der Waals surface area contributed by atoms with E-state index in [0.717, 1.165) is 11.3 Å². The molecular weight excluding hydrogens is 206 g/mol. The largest absolute Gasteiger partial charge is 0.504 e. The molecule has 0 bridgehead atoms. The van der Waals surface area contributed by atoms with Gasteiger partial charge in [-0.3, -0.25) is 0 Å². The number of anilines is 1. The van der Waals surface area contributed by atoms with Crippen LogP contribution < -0.4 is 9.64 Å². The molecule has 0 saturated heterocycles. The standard InChI is InChI=1S/C12H17NO3/c1-7(2)13-6-11(15)8-4-10(14)12(16-3)5-9(8)13/h4-5,7,11,14-15H,6H2,1-3H3. The van der Waals surface area contributed by atoms with E-state index in [0.29, 0.717) is 18.3 Å². The maximum Gasteiger partial charge on any atom is 0.162 e. The van der Waals surface area contributed by atoms with Gasteiger partial charge in [-0.15, -0.1) is 0 Å². The monoisotopic (exact) mass is 223 g/mol. The van der Waals surface area contributed by atoms with Crippen LogP contribution in [0.15, 0.2) is 12.1 Å². The van der Waals surface area contributed by atoms with Gasteiger partial charge in [0.05, 0.1) is 13.2 Å². The lowest BCUT2D eigenvalue weighted by Gasteiger charge is -2.24. The zero-order valence-corrected chi connectivity index (χ0v) is 9.77. The Morgan fingerprint density at radius 3 is 2.69 bits per heavy atom. The van der Waals surface area contributed by atoms with E-state index in [1.807, 2.05) is 0 Å². The van der Waals surface area contributed by atoms with Crippen molar-refractivity contribution in [1.29, 1.82) is 0 Å². The minimum absolute atomic E-state index is 0.0749. The molecule has 1 heterocycles. The first kappa shape index (κ1) is 11.1. The second-order valence-electron chi connectivity index (χ2n) is 4.34. The Morgan fingerprint density at radius 2 is 2.12 bits per heavy atom. The Hall–Kier alpha value is -1.42. The lowest BCUT2D eigenvalue weighted by atomic mass is 10.1. The van der Waals surface area contributed by atoms with Crippen molar-refractivity contribution in [2.75, 3.05) is 18.6 Å². The second-order valence-corrected chi connectivity index (χ2v) is 4.34. The van der Waals surface area contributed by atoms with Crippen LogP contribution in [0.4, 0.5) is 5.69 Å². The summed E-state index contributed by atoms with van der Waals surface area (Å²) >= 11 is 0. The van der Waals surface area contributed by atoms with E-state index >= 15 is 0 Å². The van der Waals surface area contributed by atoms with E-state index in [4.69, 9.17) is 4.74 Å². The zero-order chi connectivity index (χ0) is 11.9. The summed E-state index contributed by atoms with van der Waals surface area (Å²) in [7, 11) is 1.52. The molecule has 0 aliphatic carbocycles. The zero-order valence-electron chi connectivity index (χ0n) is 9.77. The molecule has 1 aromatic carbocycles. The molecule has 0 radical (unpaired) electrons. The fourth-order valence-electron chi connectivity index (χ4n) is 2.12. The first-order valence-corrected chi connectivity index (χ1v) is 5.40. The number of benzene rings is 1. The van der Waals surface area contributed by atoms with Gasteiger partial charge in [0.1, 0.15) is 0 Å². The third kappa shape index (κ3) is 1.59. The molecule has 2 N–H and O–H groups in total. The second kappa shape index (κ2) is 3.87. The summed E-state index contributed by atoms with van der Waals surface area (Å²) in [6, 6.07) is 3.67. The minimum atomic E-state index is -0.533. The van der Waals surface area contributed by atoms with E-state index in [9.17, 15) is 10.2 Å². The van der Waals surface area contributed by atoms with Gasteiger partial charge in [0.25, 0.3) is 0 Å². The molecule has 88 valence electrons. The van der Waals surface area contributed by atoms with Crippen LogP contribution in [0.3, 0.4) is 0 Å². The molecule has 1 aliphatic rings. The van der Waals surface area contributed by atoms with Crippen molar-refractivity contribution >= 4 is 5.69 Å². The van der Waals surface area contributed by atoms with E-state index in [1.54, 1.807) is 12.1 Å². The van der Waals surface area contributed by atoms with E-state index in [-0.39, 0.29) is 5.75 Å². The van der Waals surface area contributed by atoms with Gasteiger partial charge in [0.2, 0.25) is 0 Å². The Morgan fingerprint density at radius 1 is 1.44 bits per heavy atom. The quantitative estimate of drug-likeness (QED) is 0.800. The molecule has 1 aromatic rings. The van der Waals surface area contributed by atoms with Crippen LogP contribution in [-0.2, 0) is 0 Å². The summed E-state index contributed by atoms with van der Waals surface area (Å²) in [6.07, 6.45) is -0.533. The van der Waals surface area contributed by atoms with Crippen LogP contribution >= 0.6 is 0 Å². The topological polar surface area (TPSA) is 52.9 Å². The molecule has 0 aromatic heterocycles. The van der Waals surface area contributed by atoms with Crippen molar-refractivity contribution in [2.24, 2.45) is 0 Å². The van der Waals surface area contributed by atoms with Gasteiger partial charge >= 0.3 is 0 Å². The predicted octanol–water partition coefficient (Wildman–Crippen LogP) is 1.66. The number of fused-ring (bicyclic) bond motifs is 1. The van der Waals surface area contributed by atoms with Crippen LogP contribution in [0, 0.1) is 0 Å². The number of phenols is 1. The lowest BCUT2D eigenvalue weighted by Crippen LogP contribution is -2.29. The summed E-state index contributed by atoms with van der Waals surface area (Å²) < 4.78 is 5.08. The Labute approximate surface area is 95.1 Å². The molecule has 1 aliphatic heterocycles. The highest BCUT2D eigenvalue weighted by molar-refractivity contribution is 5.66. The van der Waals surface area contributed by atoms with E-state index < -0.39 is 6.10 Å². The van der Waals surface area contributed by atoms with Crippen LogP contribution in [0.5, 0.6) is 11.5 Å². The van der Waals surface area contributed by atoms with Crippen LogP contribution in [-0.4, -0.2) is 29.9 Å². The smallest absolute Gasteiger partial charge is 0.162 e. The summed E-state index contributed by atoms with van der Waals surface area (Å²) in [6.45, 7) is 4.71. The van der Waals surface area contributed by atoms with Gasteiger partial charge < -0.3 is 19.8 Å². The molecule has 0 spiro atoms. The van der Waals surface area contributed by atoms with Crippen molar-refractivity contribution in [3.63, 3.8) is 0 Å². The number of hydrogen-bond acceptors (Lipinski definition) is 4. The van der Waals surface area contributed by atoms with Crippen molar-refractivity contribution in [2.45, 2.75) is 26.0 Å². The van der Waals surface area contributed by atoms with Crippen LogP contribution in [0.1, 0.15) is 25.5 Å². The summed E-state index contributed by atoms with van der Waals surface area (Å²) in [4.78, 5) is 2.10. The number of hydrogen-bond donors (Lipinski definition) is 2. The number of nitrogens with zero attached hydrogens (tertiary/aromatic N) is 1. The number of rotatable bonds is 2. The third-order valence-electron chi connectivity index (χ3n) is 2.99. The molecule has 4 heteroatoms. The molecule has 0 amide bonds. The van der Waals surface area contributed by atoms with Gasteiger partial charge in [-0.1, -0.05) is 0 Å². The normalized spacial score (nSPS) is 19.1. The third-order valence-corrected chi connectivity index (χ3v) is 2.99. The predicted molar refractivity (Wildman–Crippen MR) is 62.1 cm³/mol. The SMILES string of the molecule is COc1cc2c(cc1O)C(O)CN2C(C)C. The highest BCUT2D eigenvalue weighted by Crippen LogP contribution is 2.42. The molecule has 1 atom stereocenters. The highest BCUT2D eigenvalue weighted by atomic mass is 16.5. The number of aliphatic hydroxyl groups is 1. The minimum Gasteiger partial charge on any atom is -0.504 e. The van der Waals surface area contributed by atoms with Gasteiger partial charge in [-0.25, -0.2) is 0 Å². The maximum absolute atomic E-state index is 9.90. The molecule has 1 unspecified atom stereocenters. The highest BCUT2D eigenvalue weighted by Gasteiger charge is 2.30. The molecule has 2 rings (SSSR count). The number of aromatic hydroxyl groups is 1. The fourth-order valence-corrected chi connectivity index (χ4v) is 2.12. The number of phenolic OH excluding ortho intramolecular Hbond substituents is 1. The van der Waals surface area contributed by atoms with Crippen molar-refractivity contribution < 1.29 is 14.9 Å². The van der Waals surface area contributed by atoms with Crippen molar-refractivity contribution in [3.8, 4) is 11.5 Å². The average Bonchev–Trinajstić information content (AvgIpc) is 2.55. The molecule has 4 nitrogen and oxygen atoms in total. The van der Waals surface area contributed by atoms with Crippen molar-refractivity contribution in [3.05, 3.63) is 17.7 Å². The van der Waals surface area contributed by atoms with E-state index in [1.165, 1.54) is 7.11 Å². The van der Waals surface area contributed by atoms with Crippen LogP contribution in [0.25, 0.3) is 0 Å². The number of aliphatic hydroxyl groups excluding tert-OH is 1.